The number of nitrogens with zero attached hydrogens (tertiary/aromatic N) is 1. The number of carbonyl (C=O) groups is 1. The molecule has 1 atom stereocenters. The largest absolute Gasteiger partial charge is 0.353 e. The third-order valence-corrected chi connectivity index (χ3v) is 7.65. The molecule has 152 valence electrons. The van der Waals surface area contributed by atoms with E-state index in [1.165, 1.54) is 23.3 Å². The molecule has 2 aromatic heterocycles. The van der Waals surface area contributed by atoms with Crippen molar-refractivity contribution in [3.63, 3.8) is 0 Å². The van der Waals surface area contributed by atoms with Crippen LogP contribution in [-0.4, -0.2) is 21.9 Å². The molecule has 1 unspecified atom stereocenters. The number of aromatic nitrogens is 2. The van der Waals surface area contributed by atoms with E-state index in [2.05, 4.69) is 31.1 Å². The zero-order valence-electron chi connectivity index (χ0n) is 17.2. The number of carbonyl (C=O) groups excluding carboxylic acids is 1. The van der Waals surface area contributed by atoms with Crippen molar-refractivity contribution < 1.29 is 4.79 Å². The van der Waals surface area contributed by atoms with Crippen LogP contribution in [0.3, 0.4) is 0 Å². The first-order chi connectivity index (χ1) is 13.3. The van der Waals surface area contributed by atoms with Crippen molar-refractivity contribution in [2.24, 2.45) is 11.3 Å². The summed E-state index contributed by atoms with van der Waals surface area (Å²) in [7, 11) is 0. The Hall–Kier alpha value is -1.69. The topological polar surface area (TPSA) is 74.8 Å². The first-order valence-corrected chi connectivity index (χ1v) is 11.5. The predicted molar refractivity (Wildman–Crippen MR) is 114 cm³/mol. The quantitative estimate of drug-likeness (QED) is 0.809. The van der Waals surface area contributed by atoms with Crippen molar-refractivity contribution in [1.82, 2.24) is 15.3 Å². The maximum absolute atomic E-state index is 12.7. The smallest absolute Gasteiger partial charge is 0.259 e. The van der Waals surface area contributed by atoms with Crippen LogP contribution in [0.25, 0.3) is 10.2 Å². The molecule has 0 saturated heterocycles. The SMILES string of the molecule is CC(C)(C)C1CCc2c(sc3nc(CCC(=O)NC4CCCC4)[nH]c(=O)c23)C1. The van der Waals surface area contributed by atoms with Crippen LogP contribution in [0.1, 0.15) is 75.6 Å². The van der Waals surface area contributed by atoms with E-state index < -0.39 is 0 Å². The minimum atomic E-state index is -0.0390. The van der Waals surface area contributed by atoms with E-state index in [1.807, 2.05) is 0 Å². The molecule has 1 fully saturated rings. The third kappa shape index (κ3) is 4.02. The molecule has 28 heavy (non-hydrogen) atoms. The van der Waals surface area contributed by atoms with Crippen molar-refractivity contribution in [2.45, 2.75) is 84.6 Å². The average molecular weight is 402 g/mol. The van der Waals surface area contributed by atoms with Crippen molar-refractivity contribution in [3.05, 3.63) is 26.6 Å². The minimum absolute atomic E-state index is 0.0390. The monoisotopic (exact) mass is 401 g/mol. The van der Waals surface area contributed by atoms with Crippen LogP contribution in [0.2, 0.25) is 0 Å². The molecular formula is C22H31N3O2S. The second-order valence-electron chi connectivity index (χ2n) is 9.55. The van der Waals surface area contributed by atoms with Gasteiger partial charge in [0, 0.05) is 23.8 Å². The number of thiophene rings is 1. The number of hydrogen-bond acceptors (Lipinski definition) is 4. The highest BCUT2D eigenvalue weighted by molar-refractivity contribution is 7.18. The van der Waals surface area contributed by atoms with Crippen LogP contribution in [0, 0.1) is 11.3 Å². The molecule has 1 saturated carbocycles. The van der Waals surface area contributed by atoms with E-state index in [0.29, 0.717) is 30.6 Å². The maximum atomic E-state index is 12.7. The number of aromatic amines is 1. The van der Waals surface area contributed by atoms with Crippen molar-refractivity contribution in [2.75, 3.05) is 0 Å². The Morgan fingerprint density at radius 2 is 2.00 bits per heavy atom. The summed E-state index contributed by atoms with van der Waals surface area (Å²) in [5.41, 5.74) is 1.45. The van der Waals surface area contributed by atoms with Gasteiger partial charge in [-0.05, 0) is 49.0 Å². The molecule has 2 aliphatic carbocycles. The van der Waals surface area contributed by atoms with Gasteiger partial charge in [0.15, 0.2) is 0 Å². The van der Waals surface area contributed by atoms with Gasteiger partial charge in [-0.2, -0.15) is 0 Å². The summed E-state index contributed by atoms with van der Waals surface area (Å²) in [6.45, 7) is 6.90. The highest BCUT2D eigenvalue weighted by atomic mass is 32.1. The number of H-pyrrole nitrogens is 1. The molecule has 6 heteroatoms. The summed E-state index contributed by atoms with van der Waals surface area (Å²) >= 11 is 1.68. The van der Waals surface area contributed by atoms with Crippen LogP contribution >= 0.6 is 11.3 Å². The molecule has 0 aromatic carbocycles. The molecule has 0 bridgehead atoms. The molecule has 4 rings (SSSR count). The van der Waals surface area contributed by atoms with Gasteiger partial charge < -0.3 is 10.3 Å². The molecule has 2 heterocycles. The van der Waals surface area contributed by atoms with E-state index in [0.717, 1.165) is 42.3 Å². The Kier molecular flexibility index (Phi) is 5.34. The first-order valence-electron chi connectivity index (χ1n) is 10.6. The van der Waals surface area contributed by atoms with Crippen LogP contribution < -0.4 is 10.9 Å². The molecule has 2 N–H and O–H groups in total. The maximum Gasteiger partial charge on any atom is 0.259 e. The molecule has 0 aliphatic heterocycles. The lowest BCUT2D eigenvalue weighted by molar-refractivity contribution is -0.121. The Balaban J connectivity index is 1.49. The second-order valence-corrected chi connectivity index (χ2v) is 10.6. The fraction of sp³-hybridized carbons (Fsp3) is 0.682. The Morgan fingerprint density at radius 1 is 1.25 bits per heavy atom. The van der Waals surface area contributed by atoms with E-state index in [9.17, 15) is 9.59 Å². The normalized spacial score (nSPS) is 20.5. The van der Waals surface area contributed by atoms with Gasteiger partial charge in [0.05, 0.1) is 5.39 Å². The molecule has 2 aromatic rings. The van der Waals surface area contributed by atoms with Gasteiger partial charge in [-0.25, -0.2) is 4.98 Å². The molecule has 5 nitrogen and oxygen atoms in total. The number of aryl methyl sites for hydroxylation is 2. The van der Waals surface area contributed by atoms with Crippen LogP contribution in [0.4, 0.5) is 0 Å². The van der Waals surface area contributed by atoms with Gasteiger partial charge in [0.1, 0.15) is 10.7 Å². The van der Waals surface area contributed by atoms with Gasteiger partial charge >= 0.3 is 0 Å². The second kappa shape index (κ2) is 7.62. The summed E-state index contributed by atoms with van der Waals surface area (Å²) in [4.78, 5) is 34.7. The molecule has 0 radical (unpaired) electrons. The zero-order chi connectivity index (χ0) is 19.9. The highest BCUT2D eigenvalue weighted by Crippen LogP contribution is 2.41. The fourth-order valence-corrected chi connectivity index (χ4v) is 6.01. The Bertz CT molecular complexity index is 932. The first kappa shape index (κ1) is 19.6. The zero-order valence-corrected chi connectivity index (χ0v) is 18.0. The standard InChI is InChI=1S/C22H31N3O2S/c1-22(2,3)13-8-9-15-16(12-13)28-21-19(15)20(27)24-17(25-21)10-11-18(26)23-14-6-4-5-7-14/h13-14H,4-12H2,1-3H3,(H,23,26)(H,24,25,27). The lowest BCUT2D eigenvalue weighted by Crippen LogP contribution is -2.32. The predicted octanol–water partition coefficient (Wildman–Crippen LogP) is 4.13. The molecule has 0 spiro atoms. The van der Waals surface area contributed by atoms with Crippen molar-refractivity contribution in [3.8, 4) is 0 Å². The number of rotatable bonds is 4. The Labute approximate surface area is 170 Å². The van der Waals surface area contributed by atoms with Crippen LogP contribution in [-0.2, 0) is 24.1 Å². The van der Waals surface area contributed by atoms with Crippen LogP contribution in [0.5, 0.6) is 0 Å². The highest BCUT2D eigenvalue weighted by Gasteiger charge is 2.31. The molecule has 2 aliphatic rings. The van der Waals surface area contributed by atoms with Gasteiger partial charge in [-0.15, -0.1) is 11.3 Å². The van der Waals surface area contributed by atoms with Gasteiger partial charge in [0.2, 0.25) is 5.91 Å². The molecule has 1 amide bonds. The number of fused-ring (bicyclic) bond motifs is 3. The summed E-state index contributed by atoms with van der Waals surface area (Å²) < 4.78 is 0. The summed E-state index contributed by atoms with van der Waals surface area (Å²) in [6.07, 6.45) is 8.57. The summed E-state index contributed by atoms with van der Waals surface area (Å²) in [6, 6.07) is 0.335. The summed E-state index contributed by atoms with van der Waals surface area (Å²) in [5, 5.41) is 3.89. The van der Waals surface area contributed by atoms with Crippen molar-refractivity contribution in [1.29, 1.82) is 0 Å². The fourth-order valence-electron chi connectivity index (χ4n) is 4.69. The van der Waals surface area contributed by atoms with Gasteiger partial charge in [0.25, 0.3) is 5.56 Å². The lowest BCUT2D eigenvalue weighted by Gasteiger charge is -2.33. The van der Waals surface area contributed by atoms with Gasteiger partial charge in [-0.3, -0.25) is 9.59 Å². The number of amides is 1. The van der Waals surface area contributed by atoms with Crippen molar-refractivity contribution >= 4 is 27.5 Å². The average Bonchev–Trinajstić information content (AvgIpc) is 3.25. The molecular weight excluding hydrogens is 370 g/mol. The van der Waals surface area contributed by atoms with E-state index >= 15 is 0 Å². The third-order valence-electron chi connectivity index (χ3n) is 6.50. The van der Waals surface area contributed by atoms with E-state index in [4.69, 9.17) is 4.98 Å². The van der Waals surface area contributed by atoms with E-state index in [-0.39, 0.29) is 16.9 Å². The minimum Gasteiger partial charge on any atom is -0.353 e. The lowest BCUT2D eigenvalue weighted by atomic mass is 9.72. The summed E-state index contributed by atoms with van der Waals surface area (Å²) in [5.74, 6) is 1.34. The van der Waals surface area contributed by atoms with Gasteiger partial charge in [-0.1, -0.05) is 33.6 Å². The van der Waals surface area contributed by atoms with Crippen LogP contribution in [0.15, 0.2) is 4.79 Å². The van der Waals surface area contributed by atoms with E-state index in [1.54, 1.807) is 11.3 Å². The Morgan fingerprint density at radius 3 is 2.71 bits per heavy atom. The number of hydrogen-bond donors (Lipinski definition) is 2. The number of nitrogens with one attached hydrogen (secondary N) is 2.